The summed E-state index contributed by atoms with van der Waals surface area (Å²) in [4.78, 5) is 0. The third kappa shape index (κ3) is 3.92. The first-order valence-electron chi connectivity index (χ1n) is 2.17. The van der Waals surface area contributed by atoms with E-state index in [-0.39, 0.29) is 0 Å². The maximum atomic E-state index is 5.15. The van der Waals surface area contributed by atoms with E-state index in [0.29, 0.717) is 0 Å². The molecule has 0 saturated carbocycles. The average Bonchev–Trinajstić information content (AvgIpc) is 1.61. The molecule has 37 valence electrons. The number of hydrogen-bond acceptors (Lipinski definition) is 1. The third-order valence-electron chi connectivity index (χ3n) is 0.586. The molecule has 0 aromatic heterocycles. The Hall–Kier alpha value is -0.0800. The van der Waals surface area contributed by atoms with E-state index in [2.05, 4.69) is 5.32 Å². The maximum Gasteiger partial charge on any atom is 0.0142 e. The molecule has 2 heteroatoms. The summed E-state index contributed by atoms with van der Waals surface area (Å²) in [6, 6.07) is 0. The van der Waals surface area contributed by atoms with Gasteiger partial charge in [-0.25, -0.2) is 5.32 Å². The van der Waals surface area contributed by atoms with Crippen LogP contribution in [0, 0.1) is 0 Å². The van der Waals surface area contributed by atoms with Crippen LogP contribution in [0.2, 0.25) is 0 Å². The predicted octanol–water partition coefficient (Wildman–Crippen LogP) is -0.431. The molecule has 2 nitrogen and oxygen atoms in total. The van der Waals surface area contributed by atoms with Gasteiger partial charge in [0.1, 0.15) is 0 Å². The summed E-state index contributed by atoms with van der Waals surface area (Å²) in [5.74, 6) is 0. The SMILES string of the molecule is C[N]CCCN. The Morgan fingerprint density at radius 1 is 1.67 bits per heavy atom. The zero-order valence-corrected chi connectivity index (χ0v) is 4.15. The van der Waals surface area contributed by atoms with Crippen molar-refractivity contribution in [3.05, 3.63) is 0 Å². The number of nitrogens with zero attached hydrogens (tertiary/aromatic N) is 1. The number of nitrogens with two attached hydrogens (primary N) is 1. The fourth-order valence-corrected chi connectivity index (χ4v) is 0.249. The third-order valence-corrected chi connectivity index (χ3v) is 0.586. The first-order valence-corrected chi connectivity index (χ1v) is 2.17. The lowest BCUT2D eigenvalue weighted by Crippen LogP contribution is -2.06. The van der Waals surface area contributed by atoms with Crippen LogP contribution in [0.25, 0.3) is 0 Å². The van der Waals surface area contributed by atoms with Gasteiger partial charge in [-0.3, -0.25) is 0 Å². The highest BCUT2D eigenvalue weighted by Crippen LogP contribution is 1.65. The van der Waals surface area contributed by atoms with Crippen molar-refractivity contribution in [2.75, 3.05) is 20.1 Å². The maximum absolute atomic E-state index is 5.15. The van der Waals surface area contributed by atoms with Crippen molar-refractivity contribution in [3.8, 4) is 0 Å². The van der Waals surface area contributed by atoms with Gasteiger partial charge >= 0.3 is 0 Å². The summed E-state index contributed by atoms with van der Waals surface area (Å²) >= 11 is 0. The van der Waals surface area contributed by atoms with Crippen LogP contribution in [0.15, 0.2) is 0 Å². The molecule has 6 heavy (non-hydrogen) atoms. The quantitative estimate of drug-likeness (QED) is 0.466. The summed E-state index contributed by atoms with van der Waals surface area (Å²) in [6.07, 6.45) is 1.02. The second-order valence-electron chi connectivity index (χ2n) is 1.18. The van der Waals surface area contributed by atoms with E-state index in [1.54, 1.807) is 7.05 Å². The normalized spacial score (nSPS) is 9.00. The van der Waals surface area contributed by atoms with Crippen molar-refractivity contribution < 1.29 is 0 Å². The van der Waals surface area contributed by atoms with E-state index in [1.807, 2.05) is 0 Å². The van der Waals surface area contributed by atoms with Crippen molar-refractivity contribution >= 4 is 0 Å². The Balaban J connectivity index is 2.34. The van der Waals surface area contributed by atoms with Gasteiger partial charge in [0.2, 0.25) is 0 Å². The van der Waals surface area contributed by atoms with Gasteiger partial charge in [0.15, 0.2) is 0 Å². The zero-order valence-electron chi connectivity index (χ0n) is 4.15. The first kappa shape index (κ1) is 5.92. The Kier molecular flexibility index (Phi) is 4.85. The second-order valence-corrected chi connectivity index (χ2v) is 1.18. The highest BCUT2D eigenvalue weighted by atomic mass is 14.8. The Bertz CT molecular complexity index is 17.5. The molecule has 0 atom stereocenters. The van der Waals surface area contributed by atoms with E-state index >= 15 is 0 Å². The molecule has 0 aromatic rings. The van der Waals surface area contributed by atoms with Crippen LogP contribution in [-0.2, 0) is 0 Å². The minimum Gasteiger partial charge on any atom is -0.330 e. The molecule has 0 fully saturated rings. The van der Waals surface area contributed by atoms with Crippen LogP contribution in [0.3, 0.4) is 0 Å². The zero-order chi connectivity index (χ0) is 4.83. The van der Waals surface area contributed by atoms with Gasteiger partial charge in [0.05, 0.1) is 0 Å². The molecule has 0 aliphatic carbocycles. The van der Waals surface area contributed by atoms with Gasteiger partial charge in [-0.1, -0.05) is 0 Å². The molecule has 0 aliphatic heterocycles. The van der Waals surface area contributed by atoms with E-state index in [1.165, 1.54) is 0 Å². The van der Waals surface area contributed by atoms with Gasteiger partial charge in [-0.05, 0) is 13.0 Å². The molecule has 0 heterocycles. The van der Waals surface area contributed by atoms with Crippen molar-refractivity contribution in [1.29, 1.82) is 0 Å². The molecular weight excluding hydrogens is 76.1 g/mol. The minimum atomic E-state index is 0.761. The van der Waals surface area contributed by atoms with Crippen LogP contribution < -0.4 is 11.1 Å². The van der Waals surface area contributed by atoms with Crippen LogP contribution in [-0.4, -0.2) is 20.1 Å². The smallest absolute Gasteiger partial charge is 0.0142 e. The molecule has 1 radical (unpaired) electrons. The Labute approximate surface area is 38.7 Å². The van der Waals surface area contributed by atoms with E-state index in [0.717, 1.165) is 19.5 Å². The standard InChI is InChI=1S/C4H11N2/c1-6-4-2-3-5/h2-5H2,1H3. The molecular formula is C4H11N2. The average molecular weight is 87.1 g/mol. The topological polar surface area (TPSA) is 40.1 Å². The molecule has 0 saturated heterocycles. The highest BCUT2D eigenvalue weighted by molar-refractivity contribution is 4.38. The fraction of sp³-hybridized carbons (Fsp3) is 1.00. The predicted molar refractivity (Wildman–Crippen MR) is 26.6 cm³/mol. The van der Waals surface area contributed by atoms with Gasteiger partial charge in [-0.2, -0.15) is 0 Å². The molecule has 0 bridgehead atoms. The van der Waals surface area contributed by atoms with Crippen molar-refractivity contribution in [1.82, 2.24) is 5.32 Å². The van der Waals surface area contributed by atoms with Crippen molar-refractivity contribution in [3.63, 3.8) is 0 Å². The molecule has 0 aromatic carbocycles. The van der Waals surface area contributed by atoms with Crippen molar-refractivity contribution in [2.45, 2.75) is 6.42 Å². The van der Waals surface area contributed by atoms with E-state index < -0.39 is 0 Å². The summed E-state index contributed by atoms with van der Waals surface area (Å²) in [5.41, 5.74) is 5.15. The molecule has 2 N–H and O–H groups in total. The number of hydrogen-bond donors (Lipinski definition) is 1. The number of rotatable bonds is 3. The van der Waals surface area contributed by atoms with Gasteiger partial charge in [-0.15, -0.1) is 0 Å². The van der Waals surface area contributed by atoms with Crippen LogP contribution in [0.1, 0.15) is 6.42 Å². The van der Waals surface area contributed by atoms with E-state index in [4.69, 9.17) is 5.73 Å². The molecule has 0 aliphatic rings. The minimum absolute atomic E-state index is 0.761. The van der Waals surface area contributed by atoms with E-state index in [9.17, 15) is 0 Å². The second kappa shape index (κ2) is 4.92. The lowest BCUT2D eigenvalue weighted by molar-refractivity contribution is 0.722. The molecule has 0 unspecified atom stereocenters. The van der Waals surface area contributed by atoms with Crippen LogP contribution in [0.5, 0.6) is 0 Å². The Morgan fingerprint density at radius 2 is 2.33 bits per heavy atom. The monoisotopic (exact) mass is 87.1 g/mol. The summed E-state index contributed by atoms with van der Waals surface area (Å²) in [7, 11) is 1.80. The summed E-state index contributed by atoms with van der Waals surface area (Å²) in [6.45, 7) is 1.67. The lowest BCUT2D eigenvalue weighted by atomic mass is 10.4. The first-order chi connectivity index (χ1) is 2.91. The van der Waals surface area contributed by atoms with Gasteiger partial charge < -0.3 is 5.73 Å². The van der Waals surface area contributed by atoms with Crippen molar-refractivity contribution in [2.24, 2.45) is 5.73 Å². The highest BCUT2D eigenvalue weighted by Gasteiger charge is 1.75. The summed E-state index contributed by atoms with van der Waals surface area (Å²) in [5, 5.41) is 3.85. The van der Waals surface area contributed by atoms with Gasteiger partial charge in [0, 0.05) is 13.6 Å². The molecule has 0 spiro atoms. The van der Waals surface area contributed by atoms with Crippen LogP contribution in [0.4, 0.5) is 0 Å². The molecule has 0 amide bonds. The summed E-state index contributed by atoms with van der Waals surface area (Å²) < 4.78 is 0. The fourth-order valence-electron chi connectivity index (χ4n) is 0.249. The Morgan fingerprint density at radius 3 is 2.50 bits per heavy atom. The lowest BCUT2D eigenvalue weighted by Gasteiger charge is -1.87. The van der Waals surface area contributed by atoms with Crippen LogP contribution >= 0.6 is 0 Å². The largest absolute Gasteiger partial charge is 0.330 e. The molecule has 0 rings (SSSR count). The van der Waals surface area contributed by atoms with Gasteiger partial charge in [0.25, 0.3) is 0 Å².